The molecule has 0 saturated heterocycles. The molecule has 0 aromatic rings. The van der Waals surface area contributed by atoms with Crippen molar-refractivity contribution >= 4 is 11.9 Å². The summed E-state index contributed by atoms with van der Waals surface area (Å²) in [7, 11) is 5.93. The minimum Gasteiger partial charge on any atom is -0.477 e. The lowest BCUT2D eigenvalue weighted by molar-refractivity contribution is -0.870. The smallest absolute Gasteiger partial charge is 0.361 e. The van der Waals surface area contributed by atoms with Crippen LogP contribution in [0.25, 0.3) is 0 Å². The van der Waals surface area contributed by atoms with Gasteiger partial charge in [0.2, 0.25) is 0 Å². The highest BCUT2D eigenvalue weighted by molar-refractivity contribution is 5.70. The van der Waals surface area contributed by atoms with Crippen molar-refractivity contribution in [2.45, 2.75) is 225 Å². The van der Waals surface area contributed by atoms with Crippen molar-refractivity contribution in [1.82, 2.24) is 0 Å². The second kappa shape index (κ2) is 43.1. The zero-order valence-electron chi connectivity index (χ0n) is 38.5. The van der Waals surface area contributed by atoms with Gasteiger partial charge in [-0.3, -0.25) is 4.79 Å². The maximum atomic E-state index is 12.0. The number of nitrogens with zero attached hydrogens (tertiary/aromatic N) is 1. The summed E-state index contributed by atoms with van der Waals surface area (Å²) in [5, 5.41) is 19.3. The molecular formula is C50H94NO7+. The predicted octanol–water partition coefficient (Wildman–Crippen LogP) is 13.2. The number of aliphatic hydroxyl groups excluding tert-OH is 1. The molecular weight excluding hydrogens is 727 g/mol. The van der Waals surface area contributed by atoms with E-state index in [1.165, 1.54) is 167 Å². The van der Waals surface area contributed by atoms with Crippen LogP contribution >= 0.6 is 0 Å². The Morgan fingerprint density at radius 1 is 0.517 bits per heavy atom. The van der Waals surface area contributed by atoms with Crippen molar-refractivity contribution in [3.63, 3.8) is 0 Å². The lowest BCUT2D eigenvalue weighted by Gasteiger charge is -2.24. The highest BCUT2D eigenvalue weighted by atomic mass is 16.7. The number of aliphatic carboxylic acids is 1. The number of hydrogen-bond donors (Lipinski definition) is 2. The van der Waals surface area contributed by atoms with E-state index in [1.54, 1.807) is 0 Å². The Morgan fingerprint density at radius 2 is 0.897 bits per heavy atom. The number of carbonyl (C=O) groups is 2. The molecule has 0 saturated carbocycles. The normalized spacial score (nSPS) is 13.3. The Labute approximate surface area is 358 Å². The average Bonchev–Trinajstić information content (AvgIpc) is 3.19. The van der Waals surface area contributed by atoms with E-state index in [0.29, 0.717) is 17.4 Å². The number of ether oxygens (including phenoxy) is 3. The SMILES string of the molecule is CCCCCCC/C=C\C/C=C\C/C=C\CCCCCCCCCCCCCCCCCCCCCCCCC(=O)OCC(O)COC(OCC[N+](C)(C)C)C(=O)O. The van der Waals surface area contributed by atoms with E-state index in [1.807, 2.05) is 21.1 Å². The van der Waals surface area contributed by atoms with Gasteiger partial charge in [0.05, 0.1) is 34.4 Å². The van der Waals surface area contributed by atoms with Crippen LogP contribution in [0.5, 0.6) is 0 Å². The molecule has 340 valence electrons. The molecule has 0 fully saturated rings. The summed E-state index contributed by atoms with van der Waals surface area (Å²) >= 11 is 0. The number of unbranched alkanes of at least 4 members (excludes halogenated alkanes) is 27. The Kier molecular flexibility index (Phi) is 41.6. The quantitative estimate of drug-likeness (QED) is 0.0207. The maximum absolute atomic E-state index is 12.0. The van der Waals surface area contributed by atoms with Gasteiger partial charge < -0.3 is 28.9 Å². The molecule has 0 aliphatic rings. The van der Waals surface area contributed by atoms with Gasteiger partial charge in [0.1, 0.15) is 19.3 Å². The van der Waals surface area contributed by atoms with E-state index in [2.05, 4.69) is 43.4 Å². The Morgan fingerprint density at radius 3 is 1.29 bits per heavy atom. The van der Waals surface area contributed by atoms with E-state index in [4.69, 9.17) is 14.2 Å². The van der Waals surface area contributed by atoms with Crippen molar-refractivity contribution in [3.8, 4) is 0 Å². The molecule has 0 aromatic heterocycles. The number of esters is 1. The Hall–Kier alpha value is -2.00. The van der Waals surface area contributed by atoms with Crippen LogP contribution in [-0.2, 0) is 23.8 Å². The van der Waals surface area contributed by atoms with Gasteiger partial charge in [-0.05, 0) is 44.9 Å². The number of carboxylic acid groups (broad SMARTS) is 1. The van der Waals surface area contributed by atoms with Gasteiger partial charge >= 0.3 is 11.9 Å². The van der Waals surface area contributed by atoms with Crippen molar-refractivity contribution < 1.29 is 38.5 Å². The number of rotatable bonds is 45. The maximum Gasteiger partial charge on any atom is 0.361 e. The lowest BCUT2D eigenvalue weighted by atomic mass is 10.0. The molecule has 0 spiro atoms. The number of allylic oxidation sites excluding steroid dienone is 6. The van der Waals surface area contributed by atoms with E-state index in [0.717, 1.165) is 32.1 Å². The first-order valence-corrected chi connectivity index (χ1v) is 24.2. The third kappa shape index (κ3) is 45.1. The fourth-order valence-corrected chi connectivity index (χ4v) is 6.84. The van der Waals surface area contributed by atoms with Gasteiger partial charge in [-0.25, -0.2) is 4.79 Å². The largest absolute Gasteiger partial charge is 0.477 e. The van der Waals surface area contributed by atoms with Crippen LogP contribution in [0.1, 0.15) is 212 Å². The third-order valence-corrected chi connectivity index (χ3v) is 10.6. The van der Waals surface area contributed by atoms with Crippen molar-refractivity contribution in [2.24, 2.45) is 0 Å². The highest BCUT2D eigenvalue weighted by Crippen LogP contribution is 2.16. The molecule has 0 aliphatic heterocycles. The van der Waals surface area contributed by atoms with E-state index >= 15 is 0 Å². The molecule has 0 rings (SSSR count). The molecule has 8 heteroatoms. The summed E-state index contributed by atoms with van der Waals surface area (Å²) in [5.74, 6) is -1.60. The zero-order chi connectivity index (χ0) is 42.6. The fourth-order valence-electron chi connectivity index (χ4n) is 6.84. The van der Waals surface area contributed by atoms with E-state index in [9.17, 15) is 19.8 Å². The number of aliphatic hydroxyl groups is 1. The van der Waals surface area contributed by atoms with Crippen LogP contribution in [-0.4, -0.2) is 86.5 Å². The molecule has 0 amide bonds. The van der Waals surface area contributed by atoms with Crippen molar-refractivity contribution in [2.75, 3.05) is 47.5 Å². The van der Waals surface area contributed by atoms with Crippen LogP contribution in [0, 0.1) is 0 Å². The molecule has 2 unspecified atom stereocenters. The third-order valence-electron chi connectivity index (χ3n) is 10.6. The van der Waals surface area contributed by atoms with Crippen molar-refractivity contribution in [1.29, 1.82) is 0 Å². The first kappa shape index (κ1) is 56.0. The minimum atomic E-state index is -1.46. The van der Waals surface area contributed by atoms with E-state index < -0.39 is 18.4 Å². The topological polar surface area (TPSA) is 102 Å². The number of hydrogen-bond acceptors (Lipinski definition) is 6. The first-order valence-electron chi connectivity index (χ1n) is 24.2. The standard InChI is InChI=1S/C50H93NO7/c1-5-6-7-8-9-10-11-12-13-14-15-16-17-18-19-20-21-22-23-24-25-26-27-28-29-30-31-32-33-34-35-36-37-38-39-40-41-42-48(53)57-45-47(52)46-58-50(49(54)55)56-44-43-51(2,3)4/h11-12,14-15,17-18,47,50,52H,5-10,13,16,19-46H2,1-4H3/p+1/b12-11-,15-14-,18-17-. The fraction of sp³-hybridized carbons (Fsp3) is 0.840. The first-order chi connectivity index (χ1) is 28.2. The molecule has 8 nitrogen and oxygen atoms in total. The highest BCUT2D eigenvalue weighted by Gasteiger charge is 2.22. The predicted molar refractivity (Wildman–Crippen MR) is 244 cm³/mol. The van der Waals surface area contributed by atoms with E-state index in [-0.39, 0.29) is 25.8 Å². The van der Waals surface area contributed by atoms with Gasteiger partial charge in [-0.15, -0.1) is 0 Å². The van der Waals surface area contributed by atoms with Crippen LogP contribution in [0.2, 0.25) is 0 Å². The van der Waals surface area contributed by atoms with Gasteiger partial charge in [-0.1, -0.05) is 197 Å². The van der Waals surface area contributed by atoms with Gasteiger partial charge in [0.25, 0.3) is 6.29 Å². The minimum absolute atomic E-state index is 0.211. The average molecular weight is 821 g/mol. The zero-order valence-corrected chi connectivity index (χ0v) is 38.5. The second-order valence-electron chi connectivity index (χ2n) is 17.6. The number of likely N-dealkylation sites (N-methyl/N-ethyl adjacent to an activating group) is 1. The number of carbonyl (C=O) groups excluding carboxylic acids is 1. The summed E-state index contributed by atoms with van der Waals surface area (Å²) in [6.45, 7) is 2.59. The molecule has 2 N–H and O–H groups in total. The molecule has 58 heavy (non-hydrogen) atoms. The summed E-state index contributed by atoms with van der Waals surface area (Å²) < 4.78 is 16.2. The number of quaternary nitrogens is 1. The summed E-state index contributed by atoms with van der Waals surface area (Å²) in [4.78, 5) is 23.3. The van der Waals surface area contributed by atoms with Crippen LogP contribution in [0.15, 0.2) is 36.5 Å². The van der Waals surface area contributed by atoms with Crippen LogP contribution < -0.4 is 0 Å². The van der Waals surface area contributed by atoms with Crippen LogP contribution in [0.4, 0.5) is 0 Å². The molecule has 0 radical (unpaired) electrons. The second-order valence-corrected chi connectivity index (χ2v) is 17.6. The van der Waals surface area contributed by atoms with Gasteiger partial charge in [-0.2, -0.15) is 0 Å². The Bertz CT molecular complexity index is 989. The molecule has 0 aliphatic carbocycles. The molecule has 2 atom stereocenters. The summed E-state index contributed by atoms with van der Waals surface area (Å²) in [6.07, 6.45) is 52.3. The monoisotopic (exact) mass is 821 g/mol. The lowest BCUT2D eigenvalue weighted by Crippen LogP contribution is -2.40. The summed E-state index contributed by atoms with van der Waals surface area (Å²) in [5.41, 5.74) is 0. The van der Waals surface area contributed by atoms with Gasteiger partial charge in [0, 0.05) is 6.42 Å². The summed E-state index contributed by atoms with van der Waals surface area (Å²) in [6, 6.07) is 0. The molecule has 0 heterocycles. The van der Waals surface area contributed by atoms with Gasteiger partial charge in [0.15, 0.2) is 0 Å². The number of carboxylic acids is 1. The van der Waals surface area contributed by atoms with Crippen molar-refractivity contribution in [3.05, 3.63) is 36.5 Å². The van der Waals surface area contributed by atoms with Crippen LogP contribution in [0.3, 0.4) is 0 Å². The molecule has 0 bridgehead atoms. The molecule has 0 aromatic carbocycles. The Balaban J connectivity index is 3.37.